The molecule has 1 amide bonds. The predicted octanol–water partition coefficient (Wildman–Crippen LogP) is 3.67. The van der Waals surface area contributed by atoms with Crippen LogP contribution in [0.15, 0.2) is 46.0 Å². The Bertz CT molecular complexity index is 917. The van der Waals surface area contributed by atoms with Crippen molar-refractivity contribution in [2.45, 2.75) is 30.9 Å². The summed E-state index contributed by atoms with van der Waals surface area (Å²) < 4.78 is 26.8. The van der Waals surface area contributed by atoms with Gasteiger partial charge in [0.15, 0.2) is 0 Å². The van der Waals surface area contributed by atoms with Crippen LogP contribution in [-0.4, -0.2) is 52.5 Å². The molecule has 1 aliphatic rings. The highest BCUT2D eigenvalue weighted by molar-refractivity contribution is 7.94. The number of benzene rings is 1. The van der Waals surface area contributed by atoms with E-state index < -0.39 is 10.0 Å². The lowest BCUT2D eigenvalue weighted by atomic mass is 9.92. The Morgan fingerprint density at radius 1 is 1.17 bits per heavy atom. The average Bonchev–Trinajstić information content (AvgIpc) is 3.26. The third kappa shape index (κ3) is 5.62. The van der Waals surface area contributed by atoms with Gasteiger partial charge in [0.1, 0.15) is 4.21 Å². The molecular formula is C22H31N3O3S2. The van der Waals surface area contributed by atoms with Crippen LogP contribution in [0.25, 0.3) is 0 Å². The van der Waals surface area contributed by atoms with Gasteiger partial charge < -0.3 is 10.2 Å². The molecule has 1 fully saturated rings. The van der Waals surface area contributed by atoms with Crippen molar-refractivity contribution >= 4 is 33.0 Å². The van der Waals surface area contributed by atoms with E-state index in [-0.39, 0.29) is 5.91 Å². The van der Waals surface area contributed by atoms with Gasteiger partial charge in [-0.05, 0) is 66.9 Å². The fraction of sp³-hybridized carbons (Fsp3) is 0.500. The summed E-state index contributed by atoms with van der Waals surface area (Å²) >= 11 is 1.19. The van der Waals surface area contributed by atoms with E-state index in [2.05, 4.69) is 24.1 Å². The van der Waals surface area contributed by atoms with Gasteiger partial charge in [0.2, 0.25) is 0 Å². The van der Waals surface area contributed by atoms with E-state index in [1.54, 1.807) is 41.8 Å². The molecule has 6 nitrogen and oxygen atoms in total. The van der Waals surface area contributed by atoms with Crippen LogP contribution in [0.2, 0.25) is 0 Å². The average molecular weight is 450 g/mol. The Kier molecular flexibility index (Phi) is 7.55. The molecule has 0 aliphatic carbocycles. The molecule has 2 heterocycles. The summed E-state index contributed by atoms with van der Waals surface area (Å²) in [6, 6.07) is 9.96. The van der Waals surface area contributed by atoms with Gasteiger partial charge in [-0.2, -0.15) is 0 Å². The Morgan fingerprint density at radius 2 is 1.83 bits per heavy atom. The first-order chi connectivity index (χ1) is 14.3. The van der Waals surface area contributed by atoms with Crippen molar-refractivity contribution in [3.05, 3.63) is 47.3 Å². The zero-order valence-electron chi connectivity index (χ0n) is 17.9. The van der Waals surface area contributed by atoms with Crippen LogP contribution in [0.4, 0.5) is 5.69 Å². The second-order valence-corrected chi connectivity index (χ2v) is 11.4. The predicted molar refractivity (Wildman–Crippen MR) is 123 cm³/mol. The Morgan fingerprint density at radius 3 is 2.43 bits per heavy atom. The zero-order chi connectivity index (χ0) is 21.7. The van der Waals surface area contributed by atoms with Crippen molar-refractivity contribution in [1.29, 1.82) is 0 Å². The quantitative estimate of drug-likeness (QED) is 0.625. The maximum absolute atomic E-state index is 12.6. The largest absolute Gasteiger partial charge is 0.352 e. The molecule has 1 aromatic carbocycles. The van der Waals surface area contributed by atoms with E-state index in [0.717, 1.165) is 37.9 Å². The van der Waals surface area contributed by atoms with Gasteiger partial charge in [-0.25, -0.2) is 8.42 Å². The van der Waals surface area contributed by atoms with E-state index in [1.807, 2.05) is 0 Å². The lowest BCUT2D eigenvalue weighted by Crippen LogP contribution is -2.40. The summed E-state index contributed by atoms with van der Waals surface area (Å²) in [5.41, 5.74) is 1.05. The number of thiophene rings is 1. The van der Waals surface area contributed by atoms with Crippen molar-refractivity contribution < 1.29 is 13.2 Å². The number of nitrogens with one attached hydrogen (secondary N) is 1. The van der Waals surface area contributed by atoms with E-state index >= 15 is 0 Å². The van der Waals surface area contributed by atoms with Crippen molar-refractivity contribution in [2.24, 2.45) is 11.8 Å². The molecule has 0 radical (unpaired) electrons. The van der Waals surface area contributed by atoms with Gasteiger partial charge >= 0.3 is 0 Å². The number of hydrogen-bond donors (Lipinski definition) is 1. The smallest absolute Gasteiger partial charge is 0.273 e. The highest BCUT2D eigenvalue weighted by atomic mass is 32.2. The molecule has 2 atom stereocenters. The number of anilines is 1. The number of carbonyl (C=O) groups excluding carboxylic acids is 1. The molecule has 1 N–H and O–H groups in total. The molecule has 0 spiro atoms. The van der Waals surface area contributed by atoms with Crippen LogP contribution in [0, 0.1) is 11.8 Å². The maximum atomic E-state index is 12.6. The first-order valence-electron chi connectivity index (χ1n) is 10.4. The normalized spacial score (nSPS) is 20.1. The summed E-state index contributed by atoms with van der Waals surface area (Å²) in [5.74, 6) is 1.35. The SMILES string of the molecule is C[C@@H]1C[C@H](C)CN(CCCNC(=O)c2ccc(N(C)S(=O)(=O)c3cccs3)cc2)C1. The summed E-state index contributed by atoms with van der Waals surface area (Å²) in [6.45, 7) is 8.52. The van der Waals surface area contributed by atoms with Crippen LogP contribution < -0.4 is 9.62 Å². The Labute approximate surface area is 183 Å². The minimum absolute atomic E-state index is 0.134. The summed E-state index contributed by atoms with van der Waals surface area (Å²) in [5, 5.41) is 4.70. The van der Waals surface area contributed by atoms with Crippen molar-refractivity contribution in [3.8, 4) is 0 Å². The minimum atomic E-state index is -3.57. The van der Waals surface area contributed by atoms with Gasteiger partial charge in [0.25, 0.3) is 15.9 Å². The molecule has 2 aromatic rings. The molecule has 1 saturated heterocycles. The molecule has 3 rings (SSSR count). The Hall–Kier alpha value is -1.90. The molecule has 0 unspecified atom stereocenters. The fourth-order valence-electron chi connectivity index (χ4n) is 4.09. The molecular weight excluding hydrogens is 418 g/mol. The lowest BCUT2D eigenvalue weighted by Gasteiger charge is -2.34. The van der Waals surface area contributed by atoms with Gasteiger partial charge in [-0.15, -0.1) is 11.3 Å². The van der Waals surface area contributed by atoms with Crippen molar-refractivity contribution in [2.75, 3.05) is 37.5 Å². The minimum Gasteiger partial charge on any atom is -0.352 e. The van der Waals surface area contributed by atoms with Crippen molar-refractivity contribution in [3.63, 3.8) is 0 Å². The van der Waals surface area contributed by atoms with Crippen LogP contribution in [0.5, 0.6) is 0 Å². The summed E-state index contributed by atoms with van der Waals surface area (Å²) in [7, 11) is -2.05. The van der Waals surface area contributed by atoms with Crippen LogP contribution in [0.1, 0.15) is 37.0 Å². The van der Waals surface area contributed by atoms with E-state index in [9.17, 15) is 13.2 Å². The van der Waals surface area contributed by atoms with Crippen LogP contribution in [0.3, 0.4) is 0 Å². The highest BCUT2D eigenvalue weighted by Gasteiger charge is 2.23. The standard InChI is InChI=1S/C22H31N3O3S2/c1-17-14-18(2)16-25(15-17)12-5-11-23-22(26)19-7-9-20(10-8-19)24(3)30(27,28)21-6-4-13-29-21/h4,6-10,13,17-18H,5,11-12,14-16H2,1-3H3,(H,23,26)/t17-,18+. The first kappa shape index (κ1) is 22.8. The first-order valence-corrected chi connectivity index (χ1v) is 12.7. The number of amides is 1. The van der Waals surface area contributed by atoms with Crippen LogP contribution >= 0.6 is 11.3 Å². The van der Waals surface area contributed by atoms with Gasteiger partial charge in [0, 0.05) is 32.2 Å². The van der Waals surface area contributed by atoms with Gasteiger partial charge in [0.05, 0.1) is 5.69 Å². The Balaban J connectivity index is 1.49. The van der Waals surface area contributed by atoms with E-state index in [0.29, 0.717) is 22.0 Å². The molecule has 30 heavy (non-hydrogen) atoms. The number of piperidine rings is 1. The third-order valence-corrected chi connectivity index (χ3v) is 8.64. The molecule has 1 aliphatic heterocycles. The molecule has 1 aromatic heterocycles. The monoisotopic (exact) mass is 449 g/mol. The zero-order valence-corrected chi connectivity index (χ0v) is 19.5. The number of sulfonamides is 1. The number of nitrogens with zero attached hydrogens (tertiary/aromatic N) is 2. The summed E-state index contributed by atoms with van der Waals surface area (Å²) in [6.07, 6.45) is 2.22. The van der Waals surface area contributed by atoms with E-state index in [4.69, 9.17) is 0 Å². The highest BCUT2D eigenvalue weighted by Crippen LogP contribution is 2.25. The second kappa shape index (κ2) is 9.94. The van der Waals surface area contributed by atoms with Gasteiger partial charge in [-0.1, -0.05) is 19.9 Å². The number of hydrogen-bond acceptors (Lipinski definition) is 5. The molecule has 8 heteroatoms. The second-order valence-electron chi connectivity index (χ2n) is 8.27. The number of likely N-dealkylation sites (tertiary alicyclic amines) is 1. The topological polar surface area (TPSA) is 69.7 Å². The summed E-state index contributed by atoms with van der Waals surface area (Å²) in [4.78, 5) is 14.9. The molecule has 0 saturated carbocycles. The van der Waals surface area contributed by atoms with Gasteiger partial charge in [-0.3, -0.25) is 9.10 Å². The van der Waals surface area contributed by atoms with Crippen molar-refractivity contribution in [1.82, 2.24) is 10.2 Å². The van der Waals surface area contributed by atoms with Crippen LogP contribution in [-0.2, 0) is 10.0 Å². The number of rotatable bonds is 8. The fourth-order valence-corrected chi connectivity index (χ4v) is 6.44. The third-order valence-electron chi connectivity index (χ3n) is 5.48. The van der Waals surface area contributed by atoms with E-state index in [1.165, 1.54) is 29.1 Å². The molecule has 0 bridgehead atoms. The lowest BCUT2D eigenvalue weighted by molar-refractivity contribution is 0.0947. The number of carbonyl (C=O) groups is 1. The maximum Gasteiger partial charge on any atom is 0.273 e. The molecule has 164 valence electrons.